The number of hydrogen-bond donors (Lipinski definition) is 1. The quantitative estimate of drug-likeness (QED) is 0.855. The Kier molecular flexibility index (Phi) is 2.60. The third kappa shape index (κ3) is 1.81. The van der Waals surface area contributed by atoms with E-state index < -0.39 is 5.41 Å². The molecule has 1 aromatic heterocycles. The van der Waals surface area contributed by atoms with Crippen molar-refractivity contribution in [1.82, 2.24) is 4.98 Å². The lowest BCUT2D eigenvalue weighted by Crippen LogP contribution is -2.31. The van der Waals surface area contributed by atoms with Gasteiger partial charge in [0.15, 0.2) is 11.5 Å². The Morgan fingerprint density at radius 2 is 2.26 bits per heavy atom. The van der Waals surface area contributed by atoms with Gasteiger partial charge in [-0.15, -0.1) is 0 Å². The van der Waals surface area contributed by atoms with Crippen LogP contribution in [0.4, 0.5) is 0 Å². The summed E-state index contributed by atoms with van der Waals surface area (Å²) in [6.45, 7) is 1.80. The number of carbonyl (C=O) groups excluding carboxylic acids is 1. The molecule has 1 atom stereocenters. The van der Waals surface area contributed by atoms with E-state index in [9.17, 15) is 4.79 Å². The standard InChI is InChI=1S/C14H16N2O3/c1-8-16-10-7-9(3-4-11(10)19-8)12(15)14(5-6-14)13(17)18-2/h3-4,7,12H,5-6,15H2,1-2H3. The number of aryl methyl sites for hydroxylation is 1. The van der Waals surface area contributed by atoms with E-state index in [0.29, 0.717) is 5.89 Å². The van der Waals surface area contributed by atoms with E-state index in [1.807, 2.05) is 18.2 Å². The summed E-state index contributed by atoms with van der Waals surface area (Å²) in [5, 5.41) is 0. The first kappa shape index (κ1) is 12.2. The van der Waals surface area contributed by atoms with E-state index in [4.69, 9.17) is 14.9 Å². The van der Waals surface area contributed by atoms with Crippen molar-refractivity contribution in [2.45, 2.75) is 25.8 Å². The van der Waals surface area contributed by atoms with Crippen molar-refractivity contribution in [3.8, 4) is 0 Å². The van der Waals surface area contributed by atoms with Gasteiger partial charge in [-0.2, -0.15) is 0 Å². The van der Waals surface area contributed by atoms with Gasteiger partial charge >= 0.3 is 5.97 Å². The van der Waals surface area contributed by atoms with Crippen molar-refractivity contribution >= 4 is 17.1 Å². The zero-order valence-corrected chi connectivity index (χ0v) is 11.0. The summed E-state index contributed by atoms with van der Waals surface area (Å²) >= 11 is 0. The molecule has 3 rings (SSSR count). The summed E-state index contributed by atoms with van der Waals surface area (Å²) in [6, 6.07) is 5.26. The minimum Gasteiger partial charge on any atom is -0.469 e. The summed E-state index contributed by atoms with van der Waals surface area (Å²) in [4.78, 5) is 16.1. The van der Waals surface area contributed by atoms with Crippen LogP contribution in [0.15, 0.2) is 22.6 Å². The molecule has 1 aromatic carbocycles. The van der Waals surface area contributed by atoms with Crippen molar-refractivity contribution < 1.29 is 13.9 Å². The Hall–Kier alpha value is -1.88. The van der Waals surface area contributed by atoms with Crippen LogP contribution in [0.1, 0.15) is 30.3 Å². The molecule has 0 saturated heterocycles. The number of aromatic nitrogens is 1. The molecule has 0 spiro atoms. The molecule has 1 heterocycles. The fraction of sp³-hybridized carbons (Fsp3) is 0.429. The Morgan fingerprint density at radius 3 is 2.89 bits per heavy atom. The molecule has 5 nitrogen and oxygen atoms in total. The van der Waals surface area contributed by atoms with Crippen molar-refractivity contribution in [1.29, 1.82) is 0 Å². The summed E-state index contributed by atoms with van der Waals surface area (Å²) in [6.07, 6.45) is 1.55. The lowest BCUT2D eigenvalue weighted by molar-refractivity contribution is -0.148. The molecule has 0 bridgehead atoms. The Balaban J connectivity index is 1.97. The van der Waals surface area contributed by atoms with Crippen molar-refractivity contribution in [2.75, 3.05) is 7.11 Å². The zero-order valence-electron chi connectivity index (χ0n) is 11.0. The fourth-order valence-electron chi connectivity index (χ4n) is 2.55. The summed E-state index contributed by atoms with van der Waals surface area (Å²) in [5.41, 5.74) is 8.09. The number of carbonyl (C=O) groups is 1. The van der Waals surface area contributed by atoms with Crippen LogP contribution in [0.3, 0.4) is 0 Å². The number of esters is 1. The van der Waals surface area contributed by atoms with E-state index in [-0.39, 0.29) is 12.0 Å². The molecule has 2 aromatic rings. The molecule has 1 fully saturated rings. The summed E-state index contributed by atoms with van der Waals surface area (Å²) in [5.74, 6) is 0.395. The number of benzene rings is 1. The number of nitrogens with zero attached hydrogens (tertiary/aromatic N) is 1. The predicted molar refractivity (Wildman–Crippen MR) is 69.4 cm³/mol. The van der Waals surface area contributed by atoms with Gasteiger partial charge in [0.1, 0.15) is 5.52 Å². The molecule has 19 heavy (non-hydrogen) atoms. The monoisotopic (exact) mass is 260 g/mol. The molecule has 1 aliphatic carbocycles. The number of nitrogens with two attached hydrogens (primary N) is 1. The normalized spacial score (nSPS) is 18.3. The minimum atomic E-state index is -0.554. The predicted octanol–water partition coefficient (Wildman–Crippen LogP) is 2.09. The van der Waals surface area contributed by atoms with Crippen LogP contribution in [-0.2, 0) is 9.53 Å². The summed E-state index contributed by atoms with van der Waals surface area (Å²) < 4.78 is 10.3. The number of oxazole rings is 1. The number of fused-ring (bicyclic) bond motifs is 1. The number of hydrogen-bond acceptors (Lipinski definition) is 5. The first-order chi connectivity index (χ1) is 9.06. The van der Waals surface area contributed by atoms with E-state index >= 15 is 0 Å². The van der Waals surface area contributed by atoms with Gasteiger partial charge in [-0.25, -0.2) is 4.98 Å². The third-order valence-electron chi connectivity index (χ3n) is 3.85. The van der Waals surface area contributed by atoms with Crippen molar-refractivity contribution in [3.63, 3.8) is 0 Å². The highest BCUT2D eigenvalue weighted by atomic mass is 16.5. The third-order valence-corrected chi connectivity index (χ3v) is 3.85. The highest BCUT2D eigenvalue weighted by molar-refractivity contribution is 5.81. The molecular weight excluding hydrogens is 244 g/mol. The lowest BCUT2D eigenvalue weighted by atomic mass is 9.90. The highest BCUT2D eigenvalue weighted by Gasteiger charge is 2.56. The van der Waals surface area contributed by atoms with Crippen LogP contribution < -0.4 is 5.73 Å². The maximum Gasteiger partial charge on any atom is 0.313 e. The van der Waals surface area contributed by atoms with Gasteiger partial charge in [0.05, 0.1) is 12.5 Å². The summed E-state index contributed by atoms with van der Waals surface area (Å²) in [7, 11) is 1.40. The topological polar surface area (TPSA) is 78.4 Å². The maximum absolute atomic E-state index is 11.8. The maximum atomic E-state index is 11.8. The second-order valence-electron chi connectivity index (χ2n) is 5.09. The number of methoxy groups -OCH3 is 1. The second-order valence-corrected chi connectivity index (χ2v) is 5.09. The van der Waals surface area contributed by atoms with Crippen molar-refractivity contribution in [2.24, 2.45) is 11.1 Å². The smallest absolute Gasteiger partial charge is 0.313 e. The SMILES string of the molecule is COC(=O)C1(C(N)c2ccc3oc(C)nc3c2)CC1. The van der Waals surface area contributed by atoms with Crippen LogP contribution in [0, 0.1) is 12.3 Å². The molecule has 0 radical (unpaired) electrons. The number of ether oxygens (including phenoxy) is 1. The highest BCUT2D eigenvalue weighted by Crippen LogP contribution is 2.54. The molecule has 1 saturated carbocycles. The van der Waals surface area contributed by atoms with Gasteiger partial charge in [0.25, 0.3) is 0 Å². The van der Waals surface area contributed by atoms with E-state index in [1.165, 1.54) is 7.11 Å². The van der Waals surface area contributed by atoms with Crippen LogP contribution in [0.25, 0.3) is 11.1 Å². The van der Waals surface area contributed by atoms with Crippen molar-refractivity contribution in [3.05, 3.63) is 29.7 Å². The first-order valence-electron chi connectivity index (χ1n) is 6.28. The number of rotatable bonds is 3. The Labute approximate surface area is 110 Å². The molecular formula is C14H16N2O3. The molecule has 2 N–H and O–H groups in total. The van der Waals surface area contributed by atoms with Crippen LogP contribution in [0.5, 0.6) is 0 Å². The molecule has 0 aliphatic heterocycles. The molecule has 100 valence electrons. The van der Waals surface area contributed by atoms with Crippen LogP contribution >= 0.6 is 0 Å². The zero-order chi connectivity index (χ0) is 13.6. The lowest BCUT2D eigenvalue weighted by Gasteiger charge is -2.21. The Morgan fingerprint density at radius 1 is 1.53 bits per heavy atom. The minimum absolute atomic E-state index is 0.226. The van der Waals surface area contributed by atoms with Gasteiger partial charge < -0.3 is 14.9 Å². The fourth-order valence-corrected chi connectivity index (χ4v) is 2.55. The van der Waals surface area contributed by atoms with E-state index in [0.717, 1.165) is 29.5 Å². The van der Waals surface area contributed by atoms with Gasteiger partial charge in [-0.05, 0) is 30.5 Å². The van der Waals surface area contributed by atoms with Gasteiger partial charge in [-0.3, -0.25) is 4.79 Å². The van der Waals surface area contributed by atoms with Gasteiger partial charge in [0, 0.05) is 13.0 Å². The molecule has 1 unspecified atom stereocenters. The average Bonchev–Trinajstić information content (AvgIpc) is 3.13. The average molecular weight is 260 g/mol. The molecule has 5 heteroatoms. The largest absolute Gasteiger partial charge is 0.469 e. The molecule has 1 aliphatic rings. The van der Waals surface area contributed by atoms with E-state index in [1.54, 1.807) is 6.92 Å². The van der Waals surface area contributed by atoms with Gasteiger partial charge in [-0.1, -0.05) is 6.07 Å². The van der Waals surface area contributed by atoms with Gasteiger partial charge in [0.2, 0.25) is 0 Å². The van der Waals surface area contributed by atoms with Crippen LogP contribution in [-0.4, -0.2) is 18.1 Å². The second kappa shape index (κ2) is 4.06. The first-order valence-corrected chi connectivity index (χ1v) is 6.28. The van der Waals surface area contributed by atoms with E-state index in [2.05, 4.69) is 4.98 Å². The van der Waals surface area contributed by atoms with Crippen LogP contribution in [0.2, 0.25) is 0 Å². The molecule has 0 amide bonds. The Bertz CT molecular complexity index is 643.